The third-order valence-electron chi connectivity index (χ3n) is 2.59. The molecule has 0 saturated carbocycles. The van der Waals surface area contributed by atoms with Crippen molar-refractivity contribution in [3.63, 3.8) is 0 Å². The van der Waals surface area contributed by atoms with Crippen molar-refractivity contribution in [3.8, 4) is 5.88 Å². The van der Waals surface area contributed by atoms with Gasteiger partial charge in [-0.15, -0.1) is 0 Å². The molecule has 19 heavy (non-hydrogen) atoms. The molecule has 0 aliphatic carbocycles. The summed E-state index contributed by atoms with van der Waals surface area (Å²) in [5, 5.41) is 2.73. The van der Waals surface area contributed by atoms with Gasteiger partial charge in [0.2, 0.25) is 5.88 Å². The maximum Gasteiger partial charge on any atom is 0.251 e. The summed E-state index contributed by atoms with van der Waals surface area (Å²) in [5.41, 5.74) is 1.18. The SMILES string of the molecule is COc1ncccc1CNC(=O)c1ccc(F)cc1. The lowest BCUT2D eigenvalue weighted by molar-refractivity contribution is 0.0950. The van der Waals surface area contributed by atoms with Crippen molar-refractivity contribution in [3.05, 3.63) is 59.5 Å². The van der Waals surface area contributed by atoms with Crippen molar-refractivity contribution < 1.29 is 13.9 Å². The molecule has 0 bridgehead atoms. The van der Waals surface area contributed by atoms with Gasteiger partial charge in [0.05, 0.1) is 7.11 Å². The van der Waals surface area contributed by atoms with E-state index in [1.807, 2.05) is 6.07 Å². The van der Waals surface area contributed by atoms with Crippen LogP contribution in [0, 0.1) is 5.82 Å². The lowest BCUT2D eigenvalue weighted by atomic mass is 10.2. The largest absolute Gasteiger partial charge is 0.481 e. The second-order valence-electron chi connectivity index (χ2n) is 3.86. The van der Waals surface area contributed by atoms with E-state index < -0.39 is 0 Å². The van der Waals surface area contributed by atoms with E-state index in [2.05, 4.69) is 10.3 Å². The summed E-state index contributed by atoms with van der Waals surface area (Å²) in [6.07, 6.45) is 1.62. The first kappa shape index (κ1) is 13.0. The van der Waals surface area contributed by atoms with Gasteiger partial charge in [0.25, 0.3) is 5.91 Å². The highest BCUT2D eigenvalue weighted by atomic mass is 19.1. The van der Waals surface area contributed by atoms with Crippen LogP contribution in [-0.4, -0.2) is 18.0 Å². The molecule has 1 heterocycles. The lowest BCUT2D eigenvalue weighted by Gasteiger charge is -2.08. The summed E-state index contributed by atoms with van der Waals surface area (Å²) in [5.74, 6) is -0.168. The third-order valence-corrected chi connectivity index (χ3v) is 2.59. The molecule has 0 aliphatic rings. The van der Waals surface area contributed by atoms with Crippen molar-refractivity contribution in [1.82, 2.24) is 10.3 Å². The van der Waals surface area contributed by atoms with Crippen molar-refractivity contribution in [2.75, 3.05) is 7.11 Å². The highest BCUT2D eigenvalue weighted by Crippen LogP contribution is 2.13. The molecule has 0 fully saturated rings. The predicted octanol–water partition coefficient (Wildman–Crippen LogP) is 2.16. The molecule has 0 radical (unpaired) electrons. The Morgan fingerprint density at radius 3 is 2.74 bits per heavy atom. The van der Waals surface area contributed by atoms with Crippen molar-refractivity contribution in [2.24, 2.45) is 0 Å². The molecule has 0 atom stereocenters. The van der Waals surface area contributed by atoms with Gasteiger partial charge in [-0.3, -0.25) is 4.79 Å². The molecule has 4 nitrogen and oxygen atoms in total. The fraction of sp³-hybridized carbons (Fsp3) is 0.143. The number of pyridine rings is 1. The number of rotatable bonds is 4. The Kier molecular flexibility index (Phi) is 4.07. The number of aromatic nitrogens is 1. The number of amides is 1. The number of nitrogens with one attached hydrogen (secondary N) is 1. The van der Waals surface area contributed by atoms with E-state index in [0.29, 0.717) is 18.0 Å². The molecule has 0 saturated heterocycles. The van der Waals surface area contributed by atoms with Gasteiger partial charge < -0.3 is 10.1 Å². The van der Waals surface area contributed by atoms with Crippen LogP contribution in [0.25, 0.3) is 0 Å². The van der Waals surface area contributed by atoms with E-state index >= 15 is 0 Å². The molecule has 1 amide bonds. The zero-order valence-electron chi connectivity index (χ0n) is 10.4. The van der Waals surface area contributed by atoms with Crippen molar-refractivity contribution >= 4 is 5.91 Å². The summed E-state index contributed by atoms with van der Waals surface area (Å²) < 4.78 is 17.8. The van der Waals surface area contributed by atoms with E-state index in [0.717, 1.165) is 5.56 Å². The average Bonchev–Trinajstić information content (AvgIpc) is 2.45. The second-order valence-corrected chi connectivity index (χ2v) is 3.86. The number of hydrogen-bond donors (Lipinski definition) is 1. The minimum Gasteiger partial charge on any atom is -0.481 e. The van der Waals surface area contributed by atoms with Gasteiger partial charge in [0.1, 0.15) is 5.82 Å². The molecular weight excluding hydrogens is 247 g/mol. The van der Waals surface area contributed by atoms with Crippen LogP contribution >= 0.6 is 0 Å². The topological polar surface area (TPSA) is 51.2 Å². The molecular formula is C14H13FN2O2. The number of halogens is 1. The van der Waals surface area contributed by atoms with Gasteiger partial charge in [0.15, 0.2) is 0 Å². The second kappa shape index (κ2) is 5.95. The maximum absolute atomic E-state index is 12.7. The van der Waals surface area contributed by atoms with Gasteiger partial charge in [-0.25, -0.2) is 9.37 Å². The van der Waals surface area contributed by atoms with Crippen LogP contribution < -0.4 is 10.1 Å². The highest BCUT2D eigenvalue weighted by molar-refractivity contribution is 5.94. The fourth-order valence-corrected chi connectivity index (χ4v) is 1.62. The summed E-state index contributed by atoms with van der Waals surface area (Å²) in [6, 6.07) is 8.95. The molecule has 0 aliphatic heterocycles. The standard InChI is InChI=1S/C14H13FN2O2/c1-19-14-11(3-2-8-16-14)9-17-13(18)10-4-6-12(15)7-5-10/h2-8H,9H2,1H3,(H,17,18). The normalized spacial score (nSPS) is 10.0. The molecule has 0 spiro atoms. The Morgan fingerprint density at radius 2 is 2.05 bits per heavy atom. The van der Waals surface area contributed by atoms with Crippen LogP contribution in [0.5, 0.6) is 5.88 Å². The van der Waals surface area contributed by atoms with Crippen molar-refractivity contribution in [1.29, 1.82) is 0 Å². The Balaban J connectivity index is 2.02. The molecule has 98 valence electrons. The van der Waals surface area contributed by atoms with Crippen molar-refractivity contribution in [2.45, 2.75) is 6.54 Å². The zero-order valence-corrected chi connectivity index (χ0v) is 10.4. The Labute approximate surface area is 110 Å². The minimum atomic E-state index is -0.370. The quantitative estimate of drug-likeness (QED) is 0.916. The first-order valence-corrected chi connectivity index (χ1v) is 5.72. The molecule has 1 N–H and O–H groups in total. The van der Waals surface area contributed by atoms with Crippen LogP contribution in [0.1, 0.15) is 15.9 Å². The van der Waals surface area contributed by atoms with E-state index in [9.17, 15) is 9.18 Å². The van der Waals surface area contributed by atoms with Crippen LogP contribution in [0.4, 0.5) is 4.39 Å². The number of hydrogen-bond acceptors (Lipinski definition) is 3. The zero-order chi connectivity index (χ0) is 13.7. The number of benzene rings is 1. The Bertz CT molecular complexity index is 570. The van der Waals surface area contributed by atoms with Gasteiger partial charge in [0, 0.05) is 23.9 Å². The monoisotopic (exact) mass is 260 g/mol. The average molecular weight is 260 g/mol. The van der Waals surface area contributed by atoms with E-state index in [4.69, 9.17) is 4.74 Å². The lowest BCUT2D eigenvalue weighted by Crippen LogP contribution is -2.23. The molecule has 2 aromatic rings. The maximum atomic E-state index is 12.7. The van der Waals surface area contributed by atoms with E-state index in [1.54, 1.807) is 12.3 Å². The smallest absolute Gasteiger partial charge is 0.251 e. The van der Waals surface area contributed by atoms with Crippen LogP contribution in [0.3, 0.4) is 0 Å². The number of methoxy groups -OCH3 is 1. The predicted molar refractivity (Wildman–Crippen MR) is 68.4 cm³/mol. The first-order valence-electron chi connectivity index (χ1n) is 5.72. The van der Waals surface area contributed by atoms with E-state index in [1.165, 1.54) is 31.4 Å². The van der Waals surface area contributed by atoms with Gasteiger partial charge in [-0.1, -0.05) is 6.07 Å². The molecule has 2 rings (SSSR count). The first-order chi connectivity index (χ1) is 9.20. The molecule has 1 aromatic carbocycles. The Hall–Kier alpha value is -2.43. The molecule has 0 unspecified atom stereocenters. The van der Waals surface area contributed by atoms with Crippen LogP contribution in [0.15, 0.2) is 42.6 Å². The minimum absolute atomic E-state index is 0.272. The number of nitrogens with zero attached hydrogens (tertiary/aromatic N) is 1. The summed E-state index contributed by atoms with van der Waals surface area (Å²) >= 11 is 0. The number of carbonyl (C=O) groups is 1. The van der Waals surface area contributed by atoms with Gasteiger partial charge in [-0.05, 0) is 30.3 Å². The summed E-state index contributed by atoms with van der Waals surface area (Å²) in [7, 11) is 1.52. The fourth-order valence-electron chi connectivity index (χ4n) is 1.62. The molecule has 5 heteroatoms. The Morgan fingerprint density at radius 1 is 1.32 bits per heavy atom. The molecule has 1 aromatic heterocycles. The van der Waals surface area contributed by atoms with Gasteiger partial charge >= 0.3 is 0 Å². The number of ether oxygens (including phenoxy) is 1. The highest BCUT2D eigenvalue weighted by Gasteiger charge is 2.08. The summed E-state index contributed by atoms with van der Waals surface area (Å²) in [6.45, 7) is 0.299. The van der Waals surface area contributed by atoms with Crippen LogP contribution in [0.2, 0.25) is 0 Å². The van der Waals surface area contributed by atoms with Gasteiger partial charge in [-0.2, -0.15) is 0 Å². The number of carbonyl (C=O) groups excluding carboxylic acids is 1. The van der Waals surface area contributed by atoms with Crippen LogP contribution in [-0.2, 0) is 6.54 Å². The third kappa shape index (κ3) is 3.28. The van der Waals surface area contributed by atoms with E-state index in [-0.39, 0.29) is 11.7 Å². The summed E-state index contributed by atoms with van der Waals surface area (Å²) in [4.78, 5) is 15.9.